The molecule has 0 radical (unpaired) electrons. The molecule has 0 heterocycles. The maximum atomic E-state index is 10.9. The zero-order valence-corrected chi connectivity index (χ0v) is 7.88. The monoisotopic (exact) mass is 169 g/mol. The van der Waals surface area contributed by atoms with Crippen molar-refractivity contribution in [3.63, 3.8) is 0 Å². The lowest BCUT2D eigenvalue weighted by atomic mass is 9.96. The van der Waals surface area contributed by atoms with Gasteiger partial charge in [-0.3, -0.25) is 4.79 Å². The Kier molecular flexibility index (Phi) is 3.57. The van der Waals surface area contributed by atoms with Gasteiger partial charge in [-0.25, -0.2) is 0 Å². The van der Waals surface area contributed by atoms with Crippen LogP contribution >= 0.6 is 0 Å². The maximum Gasteiger partial charge on any atom is 0.220 e. The summed E-state index contributed by atoms with van der Waals surface area (Å²) in [5.41, 5.74) is 5.28. The van der Waals surface area contributed by atoms with Crippen molar-refractivity contribution >= 4 is 5.91 Å². The minimum Gasteiger partial charge on any atom is -0.369 e. The Morgan fingerprint density at radius 1 is 1.33 bits per heavy atom. The Bertz CT molecular complexity index is 156. The van der Waals surface area contributed by atoms with Crippen molar-refractivity contribution in [2.75, 3.05) is 0 Å². The molecule has 1 aliphatic rings. The minimum absolute atomic E-state index is 0.0910. The number of nitrogens with two attached hydrogens (primary N) is 1. The van der Waals surface area contributed by atoms with Gasteiger partial charge in [0.1, 0.15) is 0 Å². The highest BCUT2D eigenvalue weighted by molar-refractivity contribution is 5.76. The van der Waals surface area contributed by atoms with Crippen LogP contribution in [0.5, 0.6) is 0 Å². The Morgan fingerprint density at radius 3 is 2.67 bits per heavy atom. The molecule has 0 aromatic rings. The van der Waals surface area contributed by atoms with Crippen LogP contribution in [0, 0.1) is 11.8 Å². The SMILES string of the molecule is CCC1CCCC(C(N)=O)CC1. The summed E-state index contributed by atoms with van der Waals surface area (Å²) in [5.74, 6) is 0.919. The quantitative estimate of drug-likeness (QED) is 0.632. The van der Waals surface area contributed by atoms with Crippen LogP contribution in [-0.4, -0.2) is 5.91 Å². The first-order valence-corrected chi connectivity index (χ1v) is 5.03. The van der Waals surface area contributed by atoms with Crippen molar-refractivity contribution in [3.05, 3.63) is 0 Å². The molecule has 0 saturated heterocycles. The maximum absolute atomic E-state index is 10.9. The van der Waals surface area contributed by atoms with Crippen molar-refractivity contribution in [1.82, 2.24) is 0 Å². The molecule has 1 saturated carbocycles. The van der Waals surface area contributed by atoms with Gasteiger partial charge in [0.05, 0.1) is 0 Å². The van der Waals surface area contributed by atoms with Crippen LogP contribution in [0.3, 0.4) is 0 Å². The van der Waals surface area contributed by atoms with Crippen LogP contribution in [0.15, 0.2) is 0 Å². The molecule has 0 bridgehead atoms. The standard InChI is InChI=1S/C10H19NO/c1-2-8-4-3-5-9(7-6-8)10(11)12/h8-9H,2-7H2,1H3,(H2,11,12). The van der Waals surface area contributed by atoms with Crippen molar-refractivity contribution in [3.8, 4) is 0 Å². The van der Waals surface area contributed by atoms with Crippen LogP contribution in [0.4, 0.5) is 0 Å². The van der Waals surface area contributed by atoms with E-state index < -0.39 is 0 Å². The van der Waals surface area contributed by atoms with Gasteiger partial charge in [-0.15, -0.1) is 0 Å². The molecule has 70 valence electrons. The van der Waals surface area contributed by atoms with Crippen LogP contribution in [0.25, 0.3) is 0 Å². The van der Waals surface area contributed by atoms with Gasteiger partial charge >= 0.3 is 0 Å². The number of rotatable bonds is 2. The van der Waals surface area contributed by atoms with E-state index >= 15 is 0 Å². The molecule has 0 aliphatic heterocycles. The van der Waals surface area contributed by atoms with Crippen molar-refractivity contribution < 1.29 is 4.79 Å². The lowest BCUT2D eigenvalue weighted by Gasteiger charge is -2.10. The van der Waals surface area contributed by atoms with Crippen molar-refractivity contribution in [1.29, 1.82) is 0 Å². The Labute approximate surface area is 74.5 Å². The summed E-state index contributed by atoms with van der Waals surface area (Å²) in [4.78, 5) is 10.9. The second kappa shape index (κ2) is 4.48. The molecule has 2 atom stereocenters. The fourth-order valence-electron chi connectivity index (χ4n) is 2.07. The zero-order chi connectivity index (χ0) is 8.97. The topological polar surface area (TPSA) is 43.1 Å². The fraction of sp³-hybridized carbons (Fsp3) is 0.900. The van der Waals surface area contributed by atoms with Gasteiger partial charge in [-0.2, -0.15) is 0 Å². The van der Waals surface area contributed by atoms with Crippen LogP contribution < -0.4 is 5.73 Å². The number of primary amides is 1. The third kappa shape index (κ3) is 2.50. The predicted molar refractivity (Wildman–Crippen MR) is 49.6 cm³/mol. The van der Waals surface area contributed by atoms with Gasteiger partial charge < -0.3 is 5.73 Å². The lowest BCUT2D eigenvalue weighted by Crippen LogP contribution is -2.22. The first kappa shape index (κ1) is 9.56. The predicted octanol–water partition coefficient (Wildman–Crippen LogP) is 2.08. The van der Waals surface area contributed by atoms with Crippen LogP contribution in [0.2, 0.25) is 0 Å². The molecular weight excluding hydrogens is 150 g/mol. The zero-order valence-electron chi connectivity index (χ0n) is 7.88. The molecule has 0 spiro atoms. The number of amides is 1. The summed E-state index contributed by atoms with van der Waals surface area (Å²) < 4.78 is 0. The van der Waals surface area contributed by atoms with E-state index in [2.05, 4.69) is 6.92 Å². The lowest BCUT2D eigenvalue weighted by molar-refractivity contribution is -0.122. The summed E-state index contributed by atoms with van der Waals surface area (Å²) in [6.07, 6.45) is 6.97. The van der Waals surface area contributed by atoms with Crippen LogP contribution in [0.1, 0.15) is 45.4 Å². The number of carbonyl (C=O) groups excluding carboxylic acids is 1. The highest BCUT2D eigenvalue weighted by Crippen LogP contribution is 2.28. The van der Waals surface area contributed by atoms with Gasteiger partial charge in [-0.05, 0) is 25.2 Å². The second-order valence-electron chi connectivity index (χ2n) is 3.88. The molecule has 12 heavy (non-hydrogen) atoms. The molecule has 0 aromatic heterocycles. The van der Waals surface area contributed by atoms with Crippen LogP contribution in [-0.2, 0) is 4.79 Å². The van der Waals surface area contributed by atoms with Crippen molar-refractivity contribution in [2.45, 2.75) is 45.4 Å². The molecule has 2 nitrogen and oxygen atoms in total. The van der Waals surface area contributed by atoms with Gasteiger partial charge in [-0.1, -0.05) is 26.2 Å². The van der Waals surface area contributed by atoms with Gasteiger partial charge in [0.2, 0.25) is 5.91 Å². The number of carbonyl (C=O) groups is 1. The van der Waals surface area contributed by atoms with E-state index in [4.69, 9.17) is 5.73 Å². The average molecular weight is 169 g/mol. The minimum atomic E-state index is -0.0910. The molecule has 0 aromatic carbocycles. The molecule has 2 heteroatoms. The Balaban J connectivity index is 2.39. The largest absolute Gasteiger partial charge is 0.369 e. The third-order valence-electron chi connectivity index (χ3n) is 3.07. The summed E-state index contributed by atoms with van der Waals surface area (Å²) in [6, 6.07) is 0. The number of hydrogen-bond donors (Lipinski definition) is 1. The molecule has 2 N–H and O–H groups in total. The highest BCUT2D eigenvalue weighted by Gasteiger charge is 2.20. The average Bonchev–Trinajstić information content (AvgIpc) is 2.28. The smallest absolute Gasteiger partial charge is 0.220 e. The summed E-state index contributed by atoms with van der Waals surface area (Å²) >= 11 is 0. The summed E-state index contributed by atoms with van der Waals surface area (Å²) in [5, 5.41) is 0. The van der Waals surface area contributed by atoms with Gasteiger partial charge in [0, 0.05) is 5.92 Å². The molecule has 1 aliphatic carbocycles. The van der Waals surface area contributed by atoms with Gasteiger partial charge in [0.15, 0.2) is 0 Å². The van der Waals surface area contributed by atoms with E-state index in [9.17, 15) is 4.79 Å². The first-order chi connectivity index (χ1) is 5.74. The normalized spacial score (nSPS) is 31.1. The summed E-state index contributed by atoms with van der Waals surface area (Å²) in [6.45, 7) is 2.23. The van der Waals surface area contributed by atoms with Crippen molar-refractivity contribution in [2.24, 2.45) is 17.6 Å². The molecule has 1 amide bonds. The third-order valence-corrected chi connectivity index (χ3v) is 3.07. The van der Waals surface area contributed by atoms with Gasteiger partial charge in [0.25, 0.3) is 0 Å². The fourth-order valence-corrected chi connectivity index (χ4v) is 2.07. The summed E-state index contributed by atoms with van der Waals surface area (Å²) in [7, 11) is 0. The van der Waals surface area contributed by atoms with E-state index in [0.29, 0.717) is 0 Å². The van der Waals surface area contributed by atoms with E-state index in [1.807, 2.05) is 0 Å². The molecule has 1 fully saturated rings. The Hall–Kier alpha value is -0.530. The van der Waals surface area contributed by atoms with E-state index in [1.54, 1.807) is 0 Å². The van der Waals surface area contributed by atoms with E-state index in [-0.39, 0.29) is 11.8 Å². The Morgan fingerprint density at radius 2 is 2.08 bits per heavy atom. The molecule has 2 unspecified atom stereocenters. The second-order valence-corrected chi connectivity index (χ2v) is 3.88. The molecule has 1 rings (SSSR count). The number of hydrogen-bond acceptors (Lipinski definition) is 1. The highest BCUT2D eigenvalue weighted by atomic mass is 16.1. The van der Waals surface area contributed by atoms with E-state index in [1.165, 1.54) is 25.7 Å². The van der Waals surface area contributed by atoms with E-state index in [0.717, 1.165) is 18.8 Å². The molecular formula is C10H19NO. The first-order valence-electron chi connectivity index (χ1n) is 5.03.